The molecule has 0 bridgehead atoms. The molecule has 1 fully saturated rings. The van der Waals surface area contributed by atoms with Crippen molar-refractivity contribution in [3.05, 3.63) is 77.6 Å². The topological polar surface area (TPSA) is 81.1 Å². The Morgan fingerprint density at radius 2 is 1.74 bits per heavy atom. The van der Waals surface area contributed by atoms with E-state index in [1.54, 1.807) is 23.0 Å². The number of rotatable bonds is 7. The Morgan fingerprint density at radius 3 is 2.35 bits per heavy atom. The van der Waals surface area contributed by atoms with Crippen LogP contribution in [0.15, 0.2) is 71.9 Å². The predicted octanol–water partition coefficient (Wildman–Crippen LogP) is 3.97. The molecule has 1 aliphatic carbocycles. The first kappa shape index (κ1) is 21.6. The highest BCUT2D eigenvalue weighted by Gasteiger charge is 2.52. The molecule has 6 nitrogen and oxygen atoms in total. The van der Waals surface area contributed by atoms with Gasteiger partial charge in [0.15, 0.2) is 14.6 Å². The van der Waals surface area contributed by atoms with Gasteiger partial charge in [-0.2, -0.15) is 5.10 Å². The Hall–Kier alpha value is -2.64. The summed E-state index contributed by atoms with van der Waals surface area (Å²) in [6.07, 6.45) is 6.31. The van der Waals surface area contributed by atoms with Crippen LogP contribution in [0.3, 0.4) is 0 Å². The summed E-state index contributed by atoms with van der Waals surface area (Å²) in [5.74, 6) is -0.409. The van der Waals surface area contributed by atoms with Crippen molar-refractivity contribution < 1.29 is 13.2 Å². The van der Waals surface area contributed by atoms with E-state index in [0.29, 0.717) is 30.8 Å². The van der Waals surface area contributed by atoms with Crippen LogP contribution in [0, 0.1) is 0 Å². The Kier molecular flexibility index (Phi) is 6.16. The van der Waals surface area contributed by atoms with Crippen LogP contribution < -0.4 is 5.32 Å². The van der Waals surface area contributed by atoms with E-state index in [1.807, 2.05) is 36.5 Å². The number of benzene rings is 2. The van der Waals surface area contributed by atoms with Gasteiger partial charge in [0, 0.05) is 24.0 Å². The Balaban J connectivity index is 1.44. The number of sulfone groups is 1. The largest absolute Gasteiger partial charge is 0.354 e. The zero-order valence-electron chi connectivity index (χ0n) is 17.0. The minimum absolute atomic E-state index is 0.142. The molecule has 162 valence electrons. The molecular weight excluding hydrogens is 434 g/mol. The van der Waals surface area contributed by atoms with Gasteiger partial charge in [-0.05, 0) is 67.3 Å². The number of aromatic nitrogens is 2. The lowest BCUT2D eigenvalue weighted by molar-refractivity contribution is -0.123. The minimum atomic E-state index is -3.82. The Labute approximate surface area is 187 Å². The van der Waals surface area contributed by atoms with Gasteiger partial charge in [0.2, 0.25) is 5.91 Å². The molecule has 31 heavy (non-hydrogen) atoms. The number of hydrogen-bond donors (Lipinski definition) is 1. The SMILES string of the molecule is O=C(NCCc1ccc(-n2cccn2)cc1)C1(S(=O)(=O)c2ccc(Cl)cc2)CCCC1. The number of carbonyl (C=O) groups excluding carboxylic acids is 1. The van der Waals surface area contributed by atoms with Crippen LogP contribution in [0.1, 0.15) is 31.2 Å². The van der Waals surface area contributed by atoms with Gasteiger partial charge in [0.25, 0.3) is 0 Å². The van der Waals surface area contributed by atoms with Crippen LogP contribution >= 0.6 is 11.6 Å². The molecule has 0 saturated heterocycles. The van der Waals surface area contributed by atoms with Crippen LogP contribution in [0.25, 0.3) is 5.69 Å². The molecule has 3 aromatic rings. The third kappa shape index (κ3) is 4.25. The standard InChI is InChI=1S/C23H24ClN3O3S/c24-19-6-10-21(11-7-19)31(29,30)23(13-1-2-14-23)22(28)25-16-12-18-4-8-20(9-5-18)27-17-3-15-26-27/h3-11,15,17H,1-2,12-14,16H2,(H,25,28). The number of hydrogen-bond acceptors (Lipinski definition) is 4. The number of nitrogens with one attached hydrogen (secondary N) is 1. The smallest absolute Gasteiger partial charge is 0.241 e. The van der Waals surface area contributed by atoms with Gasteiger partial charge in [0.05, 0.1) is 10.6 Å². The van der Waals surface area contributed by atoms with E-state index in [2.05, 4.69) is 10.4 Å². The zero-order chi connectivity index (χ0) is 21.9. The van der Waals surface area contributed by atoms with Gasteiger partial charge < -0.3 is 5.32 Å². The maximum atomic E-state index is 13.4. The van der Waals surface area contributed by atoms with Gasteiger partial charge in [0.1, 0.15) is 0 Å². The summed E-state index contributed by atoms with van der Waals surface area (Å²) in [5.41, 5.74) is 2.01. The van der Waals surface area contributed by atoms with E-state index in [4.69, 9.17) is 11.6 Å². The summed E-state index contributed by atoms with van der Waals surface area (Å²) in [7, 11) is -3.82. The average molecular weight is 458 g/mol. The second-order valence-electron chi connectivity index (χ2n) is 7.78. The van der Waals surface area contributed by atoms with Gasteiger partial charge >= 0.3 is 0 Å². The highest BCUT2D eigenvalue weighted by Crippen LogP contribution is 2.41. The lowest BCUT2D eigenvalue weighted by atomic mass is 10.1. The molecule has 4 rings (SSSR count). The molecule has 1 saturated carbocycles. The summed E-state index contributed by atoms with van der Waals surface area (Å²) in [6.45, 7) is 0.373. The maximum Gasteiger partial charge on any atom is 0.241 e. The highest BCUT2D eigenvalue weighted by molar-refractivity contribution is 7.93. The fourth-order valence-electron chi connectivity index (χ4n) is 4.12. The van der Waals surface area contributed by atoms with Crippen LogP contribution in [-0.4, -0.2) is 35.4 Å². The summed E-state index contributed by atoms with van der Waals surface area (Å²) < 4.78 is 27.1. The third-order valence-corrected chi connectivity index (χ3v) is 8.64. The predicted molar refractivity (Wildman–Crippen MR) is 120 cm³/mol. The fourth-order valence-corrected chi connectivity index (χ4v) is 6.34. The molecule has 0 aliphatic heterocycles. The van der Waals surface area contributed by atoms with E-state index in [0.717, 1.165) is 24.1 Å². The lowest BCUT2D eigenvalue weighted by Crippen LogP contribution is -2.51. The average Bonchev–Trinajstić information content (AvgIpc) is 3.48. The third-order valence-electron chi connectivity index (χ3n) is 5.87. The molecule has 1 aromatic heterocycles. The van der Waals surface area contributed by atoms with Crippen molar-refractivity contribution in [2.75, 3.05) is 6.54 Å². The van der Waals surface area contributed by atoms with Crippen LogP contribution in [0.5, 0.6) is 0 Å². The summed E-state index contributed by atoms with van der Waals surface area (Å²) >= 11 is 5.91. The van der Waals surface area contributed by atoms with Crippen LogP contribution in [0.2, 0.25) is 5.02 Å². The first-order valence-electron chi connectivity index (χ1n) is 10.3. The maximum absolute atomic E-state index is 13.4. The minimum Gasteiger partial charge on any atom is -0.354 e. The van der Waals surface area contributed by atoms with Gasteiger partial charge in [-0.25, -0.2) is 13.1 Å². The second-order valence-corrected chi connectivity index (χ2v) is 10.5. The van der Waals surface area contributed by atoms with Gasteiger partial charge in [-0.3, -0.25) is 4.79 Å². The number of halogens is 1. The number of nitrogens with zero attached hydrogens (tertiary/aromatic N) is 2. The number of carbonyl (C=O) groups is 1. The van der Waals surface area contributed by atoms with Crippen molar-refractivity contribution >= 4 is 27.3 Å². The zero-order valence-corrected chi connectivity index (χ0v) is 18.6. The first-order valence-corrected chi connectivity index (χ1v) is 12.2. The molecule has 1 amide bonds. The van der Waals surface area contributed by atoms with Crippen molar-refractivity contribution in [3.8, 4) is 5.69 Å². The van der Waals surface area contributed by atoms with E-state index in [1.165, 1.54) is 12.1 Å². The fraction of sp³-hybridized carbons (Fsp3) is 0.304. The molecule has 0 unspecified atom stereocenters. The second kappa shape index (κ2) is 8.85. The molecule has 1 heterocycles. The van der Waals surface area contributed by atoms with E-state index in [9.17, 15) is 13.2 Å². The van der Waals surface area contributed by atoms with Crippen molar-refractivity contribution in [2.45, 2.75) is 41.7 Å². The lowest BCUT2D eigenvalue weighted by Gasteiger charge is -2.27. The first-order chi connectivity index (χ1) is 14.9. The summed E-state index contributed by atoms with van der Waals surface area (Å²) in [4.78, 5) is 13.3. The molecule has 1 aliphatic rings. The summed E-state index contributed by atoms with van der Waals surface area (Å²) in [6, 6.07) is 15.8. The Bertz CT molecular complexity index is 1140. The van der Waals surface area contributed by atoms with Crippen molar-refractivity contribution in [1.29, 1.82) is 0 Å². The van der Waals surface area contributed by atoms with Crippen LogP contribution in [0.4, 0.5) is 0 Å². The van der Waals surface area contributed by atoms with Crippen molar-refractivity contribution in [2.24, 2.45) is 0 Å². The highest BCUT2D eigenvalue weighted by atomic mass is 35.5. The van der Waals surface area contributed by atoms with E-state index < -0.39 is 20.5 Å². The Morgan fingerprint density at radius 1 is 1.06 bits per heavy atom. The van der Waals surface area contributed by atoms with E-state index in [-0.39, 0.29) is 4.90 Å². The quantitative estimate of drug-likeness (QED) is 0.582. The molecule has 1 N–H and O–H groups in total. The van der Waals surface area contributed by atoms with Crippen molar-refractivity contribution in [3.63, 3.8) is 0 Å². The normalized spacial score (nSPS) is 15.6. The molecule has 0 atom stereocenters. The van der Waals surface area contributed by atoms with Crippen molar-refractivity contribution in [1.82, 2.24) is 15.1 Å². The molecule has 2 aromatic carbocycles. The van der Waals surface area contributed by atoms with E-state index >= 15 is 0 Å². The van der Waals surface area contributed by atoms with Gasteiger partial charge in [-0.15, -0.1) is 0 Å². The molecule has 8 heteroatoms. The van der Waals surface area contributed by atoms with Gasteiger partial charge in [-0.1, -0.05) is 36.6 Å². The molecule has 0 spiro atoms. The van der Waals surface area contributed by atoms with Crippen LogP contribution in [-0.2, 0) is 21.1 Å². The molecular formula is C23H24ClN3O3S. The monoisotopic (exact) mass is 457 g/mol. The number of amides is 1. The molecule has 0 radical (unpaired) electrons. The summed E-state index contributed by atoms with van der Waals surface area (Å²) in [5, 5.41) is 7.54.